The Kier molecular flexibility index (Phi) is 7.46. The van der Waals surface area contributed by atoms with E-state index >= 15 is 0 Å². The molecule has 0 radical (unpaired) electrons. The summed E-state index contributed by atoms with van der Waals surface area (Å²) in [5.74, 6) is -0.876. The lowest BCUT2D eigenvalue weighted by Crippen LogP contribution is -2.31. The fourth-order valence-electron chi connectivity index (χ4n) is 3.68. The number of fused-ring (bicyclic) bond motifs is 1. The number of rotatable bonds is 11. The number of aliphatic hydroxyl groups excluding tert-OH is 1. The van der Waals surface area contributed by atoms with Gasteiger partial charge in [0.2, 0.25) is 0 Å². The van der Waals surface area contributed by atoms with Gasteiger partial charge in [-0.15, -0.1) is 0 Å². The first-order valence-electron chi connectivity index (χ1n) is 10.5. The molecule has 30 heavy (non-hydrogen) atoms. The second kappa shape index (κ2) is 10.2. The van der Waals surface area contributed by atoms with E-state index in [1.54, 1.807) is 0 Å². The van der Waals surface area contributed by atoms with Gasteiger partial charge in [0.05, 0.1) is 37.5 Å². The van der Waals surface area contributed by atoms with Crippen molar-refractivity contribution in [3.05, 3.63) is 35.7 Å². The van der Waals surface area contributed by atoms with Crippen LogP contribution in [-0.2, 0) is 20.9 Å². The van der Waals surface area contributed by atoms with E-state index < -0.39 is 5.97 Å². The van der Waals surface area contributed by atoms with Gasteiger partial charge in [0.25, 0.3) is 5.91 Å². The molecule has 0 aliphatic carbocycles. The second-order valence-electron chi connectivity index (χ2n) is 7.48. The van der Waals surface area contributed by atoms with Crippen LogP contribution in [0.15, 0.2) is 35.7 Å². The normalized spacial score (nSPS) is 14.1. The number of esters is 1. The number of aromatic nitrogens is 2. The number of carbonyl (C=O) groups excluding carboxylic acids is 2. The van der Waals surface area contributed by atoms with Crippen molar-refractivity contribution in [1.29, 1.82) is 0 Å². The molecule has 0 spiro atoms. The molecule has 0 fully saturated rings. The maximum atomic E-state index is 12.7. The van der Waals surface area contributed by atoms with Crippen LogP contribution in [0, 0.1) is 0 Å². The monoisotopic (exact) mass is 414 g/mol. The molecule has 0 atom stereocenters. The number of amides is 1. The molecular formula is C22H30N4O4. The molecule has 1 amide bonds. The first-order valence-corrected chi connectivity index (χ1v) is 10.5. The van der Waals surface area contributed by atoms with Crippen LogP contribution >= 0.6 is 0 Å². The highest BCUT2D eigenvalue weighted by Gasteiger charge is 2.34. The van der Waals surface area contributed by atoms with Crippen molar-refractivity contribution in [2.45, 2.75) is 45.6 Å². The molecule has 2 heterocycles. The van der Waals surface area contributed by atoms with Gasteiger partial charge in [-0.1, -0.05) is 32.6 Å². The Morgan fingerprint density at radius 1 is 1.23 bits per heavy atom. The highest BCUT2D eigenvalue weighted by molar-refractivity contribution is 6.08. The quantitative estimate of drug-likeness (QED) is 0.433. The Labute approximate surface area is 176 Å². The van der Waals surface area contributed by atoms with Crippen molar-refractivity contribution in [3.63, 3.8) is 0 Å². The average molecular weight is 415 g/mol. The maximum absolute atomic E-state index is 12.7. The van der Waals surface area contributed by atoms with Gasteiger partial charge in [0.1, 0.15) is 5.70 Å². The molecule has 1 aliphatic rings. The number of nitrogens with one attached hydrogen (secondary N) is 1. The molecule has 0 unspecified atom stereocenters. The van der Waals surface area contributed by atoms with Crippen molar-refractivity contribution < 1.29 is 19.4 Å². The van der Waals surface area contributed by atoms with Crippen molar-refractivity contribution in [2.75, 3.05) is 32.1 Å². The molecule has 8 heteroatoms. The molecule has 2 N–H and O–H groups in total. The van der Waals surface area contributed by atoms with Gasteiger partial charge < -0.3 is 20.1 Å². The largest absolute Gasteiger partial charge is 0.466 e. The number of β-amino-alcohol motifs (C(OH)–C–C–N with tert-alkyl or cyclic N) is 1. The molecule has 8 nitrogen and oxygen atoms in total. The number of hydrogen-bond donors (Lipinski definition) is 2. The second-order valence-corrected chi connectivity index (χ2v) is 7.48. The minimum atomic E-state index is -0.551. The Morgan fingerprint density at radius 3 is 2.77 bits per heavy atom. The number of methoxy groups -OCH3 is 1. The zero-order valence-electron chi connectivity index (χ0n) is 17.7. The fourth-order valence-corrected chi connectivity index (χ4v) is 3.68. The predicted molar refractivity (Wildman–Crippen MR) is 115 cm³/mol. The third-order valence-electron chi connectivity index (χ3n) is 5.34. The minimum absolute atomic E-state index is 0.117. The number of benzene rings is 1. The van der Waals surface area contributed by atoms with E-state index in [9.17, 15) is 14.7 Å². The van der Waals surface area contributed by atoms with Crippen LogP contribution in [0.1, 0.15) is 39.0 Å². The van der Waals surface area contributed by atoms with Crippen molar-refractivity contribution in [3.8, 4) is 0 Å². The van der Waals surface area contributed by atoms with E-state index in [-0.39, 0.29) is 36.9 Å². The summed E-state index contributed by atoms with van der Waals surface area (Å²) >= 11 is 0. The maximum Gasteiger partial charge on any atom is 0.337 e. The number of anilines is 1. The van der Waals surface area contributed by atoms with Crippen LogP contribution in [0.2, 0.25) is 0 Å². The summed E-state index contributed by atoms with van der Waals surface area (Å²) in [6.07, 6.45) is 7.80. The van der Waals surface area contributed by atoms with Crippen LogP contribution in [0.25, 0.3) is 10.9 Å². The number of ether oxygens (including phenoxy) is 1. The number of aliphatic hydroxyl groups is 1. The van der Waals surface area contributed by atoms with Gasteiger partial charge in [0, 0.05) is 24.2 Å². The van der Waals surface area contributed by atoms with Gasteiger partial charge in [-0.2, -0.15) is 5.10 Å². The number of aryl methyl sites for hydroxylation is 1. The van der Waals surface area contributed by atoms with Crippen molar-refractivity contribution in [2.24, 2.45) is 0 Å². The Morgan fingerprint density at radius 2 is 2.03 bits per heavy atom. The van der Waals surface area contributed by atoms with Crippen LogP contribution in [-0.4, -0.2) is 58.5 Å². The number of carbonyl (C=O) groups is 2. The molecule has 0 saturated carbocycles. The zero-order valence-corrected chi connectivity index (χ0v) is 17.7. The summed E-state index contributed by atoms with van der Waals surface area (Å²) < 4.78 is 6.82. The van der Waals surface area contributed by atoms with Gasteiger partial charge in [-0.05, 0) is 24.6 Å². The summed E-state index contributed by atoms with van der Waals surface area (Å²) in [7, 11) is 1.29. The van der Waals surface area contributed by atoms with Gasteiger partial charge >= 0.3 is 5.97 Å². The summed E-state index contributed by atoms with van der Waals surface area (Å²) in [6.45, 7) is 3.16. The van der Waals surface area contributed by atoms with E-state index in [4.69, 9.17) is 4.74 Å². The smallest absolute Gasteiger partial charge is 0.337 e. The van der Waals surface area contributed by atoms with E-state index in [0.717, 1.165) is 23.9 Å². The van der Waals surface area contributed by atoms with Crippen LogP contribution < -0.4 is 5.32 Å². The first kappa shape index (κ1) is 21.8. The fraction of sp³-hybridized carbons (Fsp3) is 0.500. The van der Waals surface area contributed by atoms with Gasteiger partial charge in [-0.25, -0.2) is 4.79 Å². The summed E-state index contributed by atoms with van der Waals surface area (Å²) in [4.78, 5) is 26.3. The molecule has 1 aromatic carbocycles. The summed E-state index contributed by atoms with van der Waals surface area (Å²) in [5.41, 5.74) is 2.14. The molecule has 1 aliphatic heterocycles. The number of hydrogen-bond acceptors (Lipinski definition) is 6. The summed E-state index contributed by atoms with van der Waals surface area (Å²) in [6, 6.07) is 5.75. The highest BCUT2D eigenvalue weighted by atomic mass is 16.5. The molecule has 2 aromatic rings. The SMILES string of the molecule is CCCCCCCn1ncc2ccc(NC3=C(C(=O)OC)CN(CCO)C3=O)cc21. The van der Waals surface area contributed by atoms with Crippen molar-refractivity contribution in [1.82, 2.24) is 14.7 Å². The topological polar surface area (TPSA) is 96.7 Å². The van der Waals surface area contributed by atoms with E-state index in [2.05, 4.69) is 17.3 Å². The summed E-state index contributed by atoms with van der Waals surface area (Å²) in [5, 5.41) is 17.8. The van der Waals surface area contributed by atoms with Crippen LogP contribution in [0.4, 0.5) is 5.69 Å². The van der Waals surface area contributed by atoms with E-state index in [1.807, 2.05) is 29.1 Å². The highest BCUT2D eigenvalue weighted by Crippen LogP contribution is 2.25. The molecule has 0 saturated heterocycles. The predicted octanol–water partition coefficient (Wildman–Crippen LogP) is 2.68. The standard InChI is InChI=1S/C22H30N4O4/c1-3-4-5-6-7-10-26-19-13-17(9-8-16(19)14-23-26)24-20-18(22(29)30-2)15-25(11-12-27)21(20)28/h8-9,13-14,24,27H,3-7,10-12,15H2,1-2H3. The lowest BCUT2D eigenvalue weighted by molar-refractivity contribution is -0.136. The Bertz CT molecular complexity index is 934. The van der Waals surface area contributed by atoms with Crippen LogP contribution in [0.5, 0.6) is 0 Å². The molecular weight excluding hydrogens is 384 g/mol. The van der Waals surface area contributed by atoms with Crippen molar-refractivity contribution >= 4 is 28.5 Å². The Balaban J connectivity index is 1.79. The molecule has 1 aromatic heterocycles. The number of unbranched alkanes of at least 4 members (excludes halogenated alkanes) is 4. The average Bonchev–Trinajstić information content (AvgIpc) is 3.29. The zero-order chi connectivity index (χ0) is 21.5. The Hall–Kier alpha value is -2.87. The van der Waals surface area contributed by atoms with E-state index in [1.165, 1.54) is 37.7 Å². The third kappa shape index (κ3) is 4.81. The third-order valence-corrected chi connectivity index (χ3v) is 5.34. The molecule has 3 rings (SSSR count). The number of nitrogens with zero attached hydrogens (tertiary/aromatic N) is 3. The van der Waals surface area contributed by atoms with Gasteiger partial charge in [-0.3, -0.25) is 9.48 Å². The lowest BCUT2D eigenvalue weighted by atomic mass is 10.1. The van der Waals surface area contributed by atoms with E-state index in [0.29, 0.717) is 5.69 Å². The molecule has 162 valence electrons. The lowest BCUT2D eigenvalue weighted by Gasteiger charge is -2.15. The first-order chi connectivity index (χ1) is 14.6. The molecule has 0 bridgehead atoms. The van der Waals surface area contributed by atoms with Gasteiger partial charge in [0.15, 0.2) is 0 Å². The van der Waals surface area contributed by atoms with Crippen LogP contribution in [0.3, 0.4) is 0 Å². The minimum Gasteiger partial charge on any atom is -0.466 e.